The van der Waals surface area contributed by atoms with Crippen LogP contribution in [0.2, 0.25) is 10.4 Å². The van der Waals surface area contributed by atoms with E-state index in [9.17, 15) is 0 Å². The fourth-order valence-corrected chi connectivity index (χ4v) is 12.8. The minimum absolute atomic E-state index is 0.863. The molecule has 0 saturated heterocycles. The summed E-state index contributed by atoms with van der Waals surface area (Å²) in [4.78, 5) is 0. The second kappa shape index (κ2) is 38.6. The average molecular weight is 715 g/mol. The monoisotopic (exact) mass is 715 g/mol. The first-order valence-corrected chi connectivity index (χ1v) is 25.8. The zero-order valence-electron chi connectivity index (χ0n) is 32.7. The predicted molar refractivity (Wildman–Crippen MR) is 219 cm³/mol. The first-order chi connectivity index (χ1) is 23.4. The van der Waals surface area contributed by atoms with Crippen LogP contribution in [0.3, 0.4) is 0 Å². The molecule has 0 bridgehead atoms. The van der Waals surface area contributed by atoms with Gasteiger partial charge in [0, 0.05) is 0 Å². The molecule has 0 spiro atoms. The maximum absolute atomic E-state index is 2.46. The Morgan fingerprint density at radius 1 is 0.277 bits per heavy atom. The van der Waals surface area contributed by atoms with Gasteiger partial charge < -0.3 is 0 Å². The number of hydrogen-bond acceptors (Lipinski definition) is 0. The third-order valence-electron chi connectivity index (χ3n) is 10.7. The quantitative estimate of drug-likeness (QED) is 0.0470. The van der Waals surface area contributed by atoms with E-state index in [1.807, 2.05) is 0 Å². The molecule has 0 aliphatic carbocycles. The molecule has 1 aromatic carbocycles. The van der Waals surface area contributed by atoms with Crippen LogP contribution in [0, 0.1) is 0 Å². The Hall–Kier alpha value is -0.222. The summed E-state index contributed by atoms with van der Waals surface area (Å²) in [6.45, 7) is 4.63. The molecular weight excluding hydrogens is 627 g/mol. The zero-order valence-corrected chi connectivity index (χ0v) is 34.6. The van der Waals surface area contributed by atoms with Crippen molar-refractivity contribution in [3.8, 4) is 0 Å². The summed E-state index contributed by atoms with van der Waals surface area (Å²) in [5.74, 6) is 0. The number of unbranched alkanes of at least 4 members (excludes halogenated alkanes) is 34. The Kier molecular flexibility index (Phi) is 36.8. The molecule has 0 saturated carbocycles. The molecule has 276 valence electrons. The van der Waals surface area contributed by atoms with Gasteiger partial charge in [0.25, 0.3) is 0 Å². The molecule has 1 heteroatoms. The SMILES string of the molecule is CCCCCCCCCCCCCCCCCCCC[As](CCCCCCCCCCCCCCCCCCCC)c1ccccc1. The van der Waals surface area contributed by atoms with E-state index in [1.54, 1.807) is 14.8 Å². The number of hydrogen-bond donors (Lipinski definition) is 0. The maximum atomic E-state index is 2.46. The van der Waals surface area contributed by atoms with Crippen LogP contribution in [-0.4, -0.2) is 14.7 Å². The Labute approximate surface area is 303 Å². The Morgan fingerprint density at radius 3 is 0.723 bits per heavy atom. The molecule has 0 amide bonds. The Morgan fingerprint density at radius 2 is 0.489 bits per heavy atom. The van der Waals surface area contributed by atoms with Crippen LogP contribution >= 0.6 is 0 Å². The van der Waals surface area contributed by atoms with Gasteiger partial charge in [-0.2, -0.15) is 0 Å². The molecular formula is C46H87As. The van der Waals surface area contributed by atoms with Crippen LogP contribution in [-0.2, 0) is 0 Å². The molecule has 1 rings (SSSR count). The molecule has 0 N–H and O–H groups in total. The van der Waals surface area contributed by atoms with Gasteiger partial charge in [-0.1, -0.05) is 104 Å². The molecule has 0 heterocycles. The first kappa shape index (κ1) is 44.8. The second-order valence-electron chi connectivity index (χ2n) is 15.3. The van der Waals surface area contributed by atoms with Crippen molar-refractivity contribution >= 4 is 19.0 Å². The van der Waals surface area contributed by atoms with Gasteiger partial charge in [0.2, 0.25) is 0 Å². The predicted octanol–water partition coefficient (Wildman–Crippen LogP) is 16.5. The van der Waals surface area contributed by atoms with Crippen molar-refractivity contribution in [2.24, 2.45) is 0 Å². The van der Waals surface area contributed by atoms with Crippen LogP contribution in [0.15, 0.2) is 30.3 Å². The van der Waals surface area contributed by atoms with E-state index in [2.05, 4.69) is 44.2 Å². The zero-order chi connectivity index (χ0) is 33.6. The van der Waals surface area contributed by atoms with E-state index >= 15 is 0 Å². The Bertz CT molecular complexity index is 644. The first-order valence-electron chi connectivity index (χ1n) is 22.2. The van der Waals surface area contributed by atoms with Crippen LogP contribution in [0.5, 0.6) is 0 Å². The summed E-state index contributed by atoms with van der Waals surface area (Å²) in [5.41, 5.74) is 0. The molecule has 47 heavy (non-hydrogen) atoms. The standard InChI is InChI=1S/C46H87As/c1-3-5-7-9-11-13-15-17-19-21-23-25-27-29-31-33-35-40-44-47(46-42-38-37-39-43-46)45-41-36-34-32-30-28-26-24-22-20-18-16-14-12-10-8-6-4-2/h37-39,42-43H,3-36,40-41,44-45H2,1-2H3. The van der Waals surface area contributed by atoms with E-state index in [4.69, 9.17) is 0 Å². The summed E-state index contributed by atoms with van der Waals surface area (Å²) in [5, 5.41) is 3.10. The van der Waals surface area contributed by atoms with Gasteiger partial charge in [-0.05, 0) is 0 Å². The van der Waals surface area contributed by atoms with Crippen molar-refractivity contribution in [1.29, 1.82) is 0 Å². The topological polar surface area (TPSA) is 0 Å². The summed E-state index contributed by atoms with van der Waals surface area (Å²) in [6.07, 6.45) is 53.1. The number of benzene rings is 1. The third kappa shape index (κ3) is 32.7. The molecule has 0 atom stereocenters. The van der Waals surface area contributed by atoms with Gasteiger partial charge in [-0.3, -0.25) is 0 Å². The van der Waals surface area contributed by atoms with Gasteiger partial charge in [-0.25, -0.2) is 0 Å². The summed E-state index contributed by atoms with van der Waals surface area (Å²) in [6, 6.07) is 11.7. The summed E-state index contributed by atoms with van der Waals surface area (Å²) < 4.78 is 1.75. The fraction of sp³-hybridized carbons (Fsp3) is 0.870. The van der Waals surface area contributed by atoms with Crippen LogP contribution in [0.25, 0.3) is 0 Å². The fourth-order valence-electron chi connectivity index (χ4n) is 7.42. The van der Waals surface area contributed by atoms with Gasteiger partial charge in [0.15, 0.2) is 0 Å². The molecule has 0 nitrogen and oxygen atoms in total. The summed E-state index contributed by atoms with van der Waals surface area (Å²) in [7, 11) is 0. The van der Waals surface area contributed by atoms with Crippen LogP contribution in [0.4, 0.5) is 0 Å². The minimum atomic E-state index is -0.863. The second-order valence-corrected chi connectivity index (χ2v) is 20.6. The molecule has 0 fully saturated rings. The van der Waals surface area contributed by atoms with E-state index < -0.39 is 14.7 Å². The van der Waals surface area contributed by atoms with Gasteiger partial charge in [-0.15, -0.1) is 0 Å². The Balaban J connectivity index is 1.92. The molecule has 0 aliphatic rings. The van der Waals surface area contributed by atoms with E-state index in [-0.39, 0.29) is 0 Å². The van der Waals surface area contributed by atoms with E-state index in [1.165, 1.54) is 231 Å². The molecule has 0 aromatic heterocycles. The van der Waals surface area contributed by atoms with Crippen molar-refractivity contribution in [3.05, 3.63) is 30.3 Å². The van der Waals surface area contributed by atoms with Gasteiger partial charge in [0.05, 0.1) is 0 Å². The normalized spacial score (nSPS) is 11.6. The molecule has 0 radical (unpaired) electrons. The number of rotatable bonds is 39. The average Bonchev–Trinajstić information content (AvgIpc) is 3.10. The molecule has 0 unspecified atom stereocenters. The van der Waals surface area contributed by atoms with Crippen molar-refractivity contribution in [2.45, 2.75) is 255 Å². The third-order valence-corrected chi connectivity index (χ3v) is 16.4. The van der Waals surface area contributed by atoms with Crippen molar-refractivity contribution in [3.63, 3.8) is 0 Å². The summed E-state index contributed by atoms with van der Waals surface area (Å²) >= 11 is -0.863. The van der Waals surface area contributed by atoms with Crippen LogP contribution < -0.4 is 4.35 Å². The van der Waals surface area contributed by atoms with E-state index in [0.717, 1.165) is 0 Å². The van der Waals surface area contributed by atoms with E-state index in [0.29, 0.717) is 0 Å². The van der Waals surface area contributed by atoms with Crippen molar-refractivity contribution in [2.75, 3.05) is 0 Å². The van der Waals surface area contributed by atoms with Crippen molar-refractivity contribution < 1.29 is 0 Å². The van der Waals surface area contributed by atoms with Crippen LogP contribution in [0.1, 0.15) is 245 Å². The van der Waals surface area contributed by atoms with Crippen molar-refractivity contribution in [1.82, 2.24) is 0 Å². The van der Waals surface area contributed by atoms with Gasteiger partial charge in [0.1, 0.15) is 0 Å². The molecule has 0 aliphatic heterocycles. The van der Waals surface area contributed by atoms with Gasteiger partial charge >= 0.3 is 201 Å². The molecule has 1 aromatic rings.